The van der Waals surface area contributed by atoms with Crippen LogP contribution in [-0.4, -0.2) is 24.0 Å². The number of hydrogen-bond donors (Lipinski definition) is 2. The van der Waals surface area contributed by atoms with Gasteiger partial charge in [0.2, 0.25) is 0 Å². The van der Waals surface area contributed by atoms with E-state index in [0.717, 1.165) is 0 Å². The second kappa shape index (κ2) is 11.5. The van der Waals surface area contributed by atoms with Crippen molar-refractivity contribution in [1.82, 2.24) is 0 Å². The first kappa shape index (κ1) is 32.7. The van der Waals surface area contributed by atoms with Crippen LogP contribution < -0.4 is 9.47 Å². The zero-order valence-electron chi connectivity index (χ0n) is 20.2. The van der Waals surface area contributed by atoms with E-state index < -0.39 is 21.7 Å². The number of carbonyl (C=O) groups is 1. The maximum atomic E-state index is 13.6. The molecule has 0 saturated heterocycles. The Morgan fingerprint density at radius 1 is 0.837 bits per heavy atom. The number of halogens is 8. The third-order valence-electron chi connectivity index (χ3n) is 6.64. The lowest BCUT2D eigenvalue weighted by molar-refractivity contribution is 0.0223. The second-order valence-electron chi connectivity index (χ2n) is 9.01. The van der Waals surface area contributed by atoms with Crippen molar-refractivity contribution in [3.8, 4) is 28.7 Å². The first-order valence-corrected chi connectivity index (χ1v) is 18.6. The molecule has 2 aliphatic rings. The maximum Gasteiger partial charge on any atom is 0.341 e. The minimum Gasteiger partial charge on any atom is -0.506 e. The third-order valence-corrected chi connectivity index (χ3v) is 12.9. The lowest BCUT2D eigenvalue weighted by atomic mass is 9.77. The van der Waals surface area contributed by atoms with Crippen molar-refractivity contribution >= 4 is 153 Å². The zero-order valence-corrected chi connectivity index (χ0v) is 32.7. The molecule has 222 valence electrons. The van der Waals surface area contributed by atoms with Crippen LogP contribution in [0.3, 0.4) is 0 Å². The van der Waals surface area contributed by atoms with Crippen LogP contribution in [0.25, 0.3) is 0 Å². The number of benzene rings is 4. The van der Waals surface area contributed by atoms with E-state index in [1.165, 1.54) is 24.3 Å². The first-order valence-electron chi connectivity index (χ1n) is 11.4. The van der Waals surface area contributed by atoms with Crippen LogP contribution in [0.2, 0.25) is 20.1 Å². The largest absolute Gasteiger partial charge is 0.506 e. The van der Waals surface area contributed by atoms with Gasteiger partial charge in [-0.05, 0) is 115 Å². The summed E-state index contributed by atoms with van der Waals surface area (Å²) in [6.07, 6.45) is 0. The van der Waals surface area contributed by atoms with Crippen molar-refractivity contribution in [2.75, 3.05) is 0 Å². The molecule has 0 fully saturated rings. The van der Waals surface area contributed by atoms with E-state index in [2.05, 4.69) is 0 Å². The molecule has 0 radical (unpaired) electrons. The van der Waals surface area contributed by atoms with Gasteiger partial charge >= 0.3 is 5.97 Å². The average Bonchev–Trinajstić information content (AvgIpc) is 3.26. The number of carbonyl (C=O) groups excluding carboxylic acids is 1. The molecular formula is C26H8Cl4I4O8S. The Balaban J connectivity index is 1.68. The molecule has 4 aromatic rings. The zero-order chi connectivity index (χ0) is 31.3. The number of hydrogen-bond acceptors (Lipinski definition) is 7. The number of phenolic OH excluding ortho intramolecular Hbond substituents is 1. The number of aromatic hydroxyl groups is 1. The molecule has 0 amide bonds. The predicted molar refractivity (Wildman–Crippen MR) is 194 cm³/mol. The van der Waals surface area contributed by atoms with Crippen LogP contribution in [0, 0.1) is 14.3 Å². The summed E-state index contributed by atoms with van der Waals surface area (Å²) < 4.78 is 53.4. The summed E-state index contributed by atoms with van der Waals surface area (Å²) in [5.41, 5.74) is -0.931. The van der Waals surface area contributed by atoms with E-state index in [0.29, 0.717) is 25.4 Å². The molecule has 2 heterocycles. The van der Waals surface area contributed by atoms with E-state index in [1.807, 2.05) is 90.4 Å². The third kappa shape index (κ3) is 5.01. The fraction of sp³-hybridized carbons (Fsp3) is 0.0385. The maximum absolute atomic E-state index is 13.6. The highest BCUT2D eigenvalue weighted by molar-refractivity contribution is 14.1. The van der Waals surface area contributed by atoms with Gasteiger partial charge in [0.05, 0.1) is 56.0 Å². The monoisotopic (exact) mass is 1130 g/mol. The van der Waals surface area contributed by atoms with Crippen molar-refractivity contribution in [1.29, 1.82) is 0 Å². The van der Waals surface area contributed by atoms with E-state index in [9.17, 15) is 22.9 Å². The van der Waals surface area contributed by atoms with E-state index in [4.69, 9.17) is 60.6 Å². The van der Waals surface area contributed by atoms with E-state index in [1.54, 1.807) is 12.1 Å². The van der Waals surface area contributed by atoms with Crippen molar-refractivity contribution in [3.63, 3.8) is 0 Å². The quantitative estimate of drug-likeness (QED) is 0.0685. The van der Waals surface area contributed by atoms with Crippen LogP contribution in [0.15, 0.2) is 41.3 Å². The molecule has 17 heteroatoms. The standard InChI is InChI=1S/C26H8Cl4I4O8S/c27-15-13-14(16(28)18(30)17(15)29)26(42-25(13)36)9-5-11(31)21(35)19(33)22(9)41-23-10(26)6-12(32)24(20(23)34)40-7-2-1-3-8(4-7)43(37,38)39/h1-6,35H,(H,37,38,39). The number of fused-ring (bicyclic) bond motifs is 6. The topological polar surface area (TPSA) is 119 Å². The summed E-state index contributed by atoms with van der Waals surface area (Å²) in [5.74, 6) is -0.0773. The Kier molecular flexibility index (Phi) is 8.71. The highest BCUT2D eigenvalue weighted by Gasteiger charge is 2.58. The van der Waals surface area contributed by atoms with Gasteiger partial charge in [0.1, 0.15) is 11.5 Å². The van der Waals surface area contributed by atoms with Crippen LogP contribution in [0.4, 0.5) is 0 Å². The minimum absolute atomic E-state index is 0.0545. The Labute approximate surface area is 318 Å². The Morgan fingerprint density at radius 2 is 1.44 bits per heavy atom. The van der Waals surface area contributed by atoms with Crippen LogP contribution in [0.1, 0.15) is 27.0 Å². The fourth-order valence-corrected chi connectivity index (χ4v) is 10.2. The van der Waals surface area contributed by atoms with Gasteiger partial charge in [0.25, 0.3) is 10.1 Å². The number of esters is 1. The highest BCUT2D eigenvalue weighted by atomic mass is 127. The smallest absolute Gasteiger partial charge is 0.341 e. The molecule has 2 aliphatic heterocycles. The molecule has 0 saturated carbocycles. The number of ether oxygens (including phenoxy) is 3. The van der Waals surface area contributed by atoms with Crippen molar-refractivity contribution in [2.45, 2.75) is 10.5 Å². The summed E-state index contributed by atoms with van der Waals surface area (Å²) in [6.45, 7) is 0. The van der Waals surface area contributed by atoms with Gasteiger partial charge in [-0.25, -0.2) is 4.79 Å². The molecule has 0 aromatic heterocycles. The van der Waals surface area contributed by atoms with Crippen LogP contribution in [0.5, 0.6) is 28.7 Å². The van der Waals surface area contributed by atoms with Gasteiger partial charge in [0.15, 0.2) is 22.8 Å². The second-order valence-corrected chi connectivity index (χ2v) is 16.4. The molecular weight excluding hydrogens is 1120 g/mol. The number of phenols is 1. The summed E-state index contributed by atoms with van der Waals surface area (Å²) in [5, 5.41) is 10.5. The summed E-state index contributed by atoms with van der Waals surface area (Å²) in [4.78, 5) is 13.2. The molecule has 8 nitrogen and oxygen atoms in total. The van der Waals surface area contributed by atoms with Crippen molar-refractivity contribution in [3.05, 3.63) is 93.0 Å². The van der Waals surface area contributed by atoms with E-state index in [-0.39, 0.29) is 64.9 Å². The van der Waals surface area contributed by atoms with E-state index >= 15 is 0 Å². The molecule has 2 N–H and O–H groups in total. The first-order chi connectivity index (χ1) is 20.1. The van der Waals surface area contributed by atoms with Crippen molar-refractivity contribution < 1.29 is 37.1 Å². The fourth-order valence-electron chi connectivity index (χ4n) is 4.83. The molecule has 1 spiro atoms. The van der Waals surface area contributed by atoms with Crippen LogP contribution in [-0.2, 0) is 20.5 Å². The average molecular weight is 1130 g/mol. The number of rotatable bonds is 3. The Morgan fingerprint density at radius 3 is 2.09 bits per heavy atom. The van der Waals surface area contributed by atoms with Gasteiger partial charge in [-0.1, -0.05) is 52.5 Å². The highest BCUT2D eigenvalue weighted by Crippen LogP contribution is 2.63. The van der Waals surface area contributed by atoms with Gasteiger partial charge in [0, 0.05) is 11.6 Å². The molecule has 6 rings (SSSR count). The molecule has 4 aromatic carbocycles. The lowest BCUT2D eigenvalue weighted by Crippen LogP contribution is -2.34. The van der Waals surface area contributed by atoms with Gasteiger partial charge in [-0.3, -0.25) is 4.55 Å². The SMILES string of the molecule is O=C1OC2(c3cc(I)c(O)c(I)c3Oc3c2cc(I)c(Oc2cccc(S(=O)(=O)O)c2)c3I)c2c(Cl)c(Cl)c(Cl)c(Cl)c21. The van der Waals surface area contributed by atoms with Gasteiger partial charge < -0.3 is 19.3 Å². The van der Waals surface area contributed by atoms with Gasteiger partial charge in [-0.2, -0.15) is 8.42 Å². The molecule has 0 aliphatic carbocycles. The molecule has 0 bridgehead atoms. The predicted octanol–water partition coefficient (Wildman–Crippen LogP) is 10.0. The summed E-state index contributed by atoms with van der Waals surface area (Å²) in [6, 6.07) is 8.62. The van der Waals surface area contributed by atoms with Gasteiger partial charge in [-0.15, -0.1) is 0 Å². The normalized spacial score (nSPS) is 16.8. The Bertz CT molecular complexity index is 2080. The lowest BCUT2D eigenvalue weighted by Gasteiger charge is -2.38. The Hall–Kier alpha value is -0.260. The minimum atomic E-state index is -4.49. The molecule has 43 heavy (non-hydrogen) atoms. The van der Waals surface area contributed by atoms with Crippen LogP contribution >= 0.6 is 137 Å². The van der Waals surface area contributed by atoms with Crippen molar-refractivity contribution in [2.24, 2.45) is 0 Å². The molecule has 1 unspecified atom stereocenters. The molecule has 1 atom stereocenters. The summed E-state index contributed by atoms with van der Waals surface area (Å²) in [7, 11) is -4.49. The summed E-state index contributed by atoms with van der Waals surface area (Å²) >= 11 is 34.1.